The number of piperidine rings is 1. The van der Waals surface area contributed by atoms with Crippen LogP contribution in [0.5, 0.6) is 0 Å². The lowest BCUT2D eigenvalue weighted by atomic mass is 9.97. The maximum Gasteiger partial charge on any atom is 0.227 e. The van der Waals surface area contributed by atoms with E-state index < -0.39 is 0 Å². The van der Waals surface area contributed by atoms with Crippen molar-refractivity contribution in [3.05, 3.63) is 0 Å². The number of morpholine rings is 1. The van der Waals surface area contributed by atoms with Gasteiger partial charge in [0.05, 0.1) is 24.7 Å². The number of hydrogen-bond acceptors (Lipinski definition) is 4. The molecule has 0 spiro atoms. The zero-order valence-electron chi connectivity index (χ0n) is 10.4. The van der Waals surface area contributed by atoms with Gasteiger partial charge >= 0.3 is 0 Å². The summed E-state index contributed by atoms with van der Waals surface area (Å²) in [5.41, 5.74) is 0. The Morgan fingerprint density at radius 1 is 1.53 bits per heavy atom. The molecule has 5 heteroatoms. The highest BCUT2D eigenvalue weighted by atomic mass is 16.5. The van der Waals surface area contributed by atoms with Gasteiger partial charge in [0.2, 0.25) is 5.91 Å². The second-order valence-corrected chi connectivity index (χ2v) is 5.04. The van der Waals surface area contributed by atoms with E-state index in [4.69, 9.17) is 9.84 Å². The van der Waals surface area contributed by atoms with Crippen molar-refractivity contribution in [1.82, 2.24) is 10.2 Å². The van der Waals surface area contributed by atoms with Crippen molar-refractivity contribution >= 4 is 5.91 Å². The van der Waals surface area contributed by atoms with Crippen molar-refractivity contribution in [2.24, 2.45) is 5.92 Å². The summed E-state index contributed by atoms with van der Waals surface area (Å²) in [4.78, 5) is 14.2. The summed E-state index contributed by atoms with van der Waals surface area (Å²) in [6.45, 7) is 4.90. The Hall–Kier alpha value is -0.650. The fourth-order valence-corrected chi connectivity index (χ4v) is 2.65. The van der Waals surface area contributed by atoms with Crippen molar-refractivity contribution < 1.29 is 14.6 Å². The van der Waals surface area contributed by atoms with E-state index in [1.165, 1.54) is 0 Å². The largest absolute Gasteiger partial charge is 0.394 e. The van der Waals surface area contributed by atoms with E-state index in [2.05, 4.69) is 5.32 Å². The third-order valence-corrected chi connectivity index (χ3v) is 3.49. The van der Waals surface area contributed by atoms with Crippen molar-refractivity contribution in [2.75, 3.05) is 32.8 Å². The number of carbonyl (C=O) groups excluding carboxylic acids is 1. The van der Waals surface area contributed by atoms with Crippen LogP contribution in [-0.4, -0.2) is 60.9 Å². The van der Waals surface area contributed by atoms with Crippen molar-refractivity contribution in [3.63, 3.8) is 0 Å². The molecule has 2 rings (SSSR count). The molecule has 0 aromatic carbocycles. The maximum absolute atomic E-state index is 12.3. The molecule has 0 aliphatic carbocycles. The first-order valence-electron chi connectivity index (χ1n) is 6.46. The molecule has 2 aliphatic heterocycles. The van der Waals surface area contributed by atoms with Crippen LogP contribution in [-0.2, 0) is 9.53 Å². The van der Waals surface area contributed by atoms with Gasteiger partial charge in [-0.1, -0.05) is 0 Å². The Balaban J connectivity index is 1.93. The van der Waals surface area contributed by atoms with Crippen molar-refractivity contribution in [2.45, 2.75) is 32.0 Å². The minimum Gasteiger partial charge on any atom is -0.394 e. The molecule has 2 N–H and O–H groups in total. The predicted molar refractivity (Wildman–Crippen MR) is 63.6 cm³/mol. The van der Waals surface area contributed by atoms with Crippen LogP contribution >= 0.6 is 0 Å². The summed E-state index contributed by atoms with van der Waals surface area (Å²) in [5, 5.41) is 12.4. The third-order valence-electron chi connectivity index (χ3n) is 3.49. The van der Waals surface area contributed by atoms with Crippen molar-refractivity contribution in [1.29, 1.82) is 0 Å². The average molecular weight is 242 g/mol. The molecule has 0 aromatic heterocycles. The number of hydrogen-bond donors (Lipinski definition) is 2. The molecule has 2 unspecified atom stereocenters. The second-order valence-electron chi connectivity index (χ2n) is 5.04. The standard InChI is InChI=1S/C12H22N2O3/c1-9-6-14(7-11(8-15)17-9)12(16)10-3-2-4-13-5-10/h9-11,13,15H,2-8H2,1H3/t9?,10-,11?/m0/s1. The highest BCUT2D eigenvalue weighted by Gasteiger charge is 2.32. The van der Waals surface area contributed by atoms with Crippen LogP contribution in [0.15, 0.2) is 0 Å². The van der Waals surface area contributed by atoms with E-state index in [-0.39, 0.29) is 30.6 Å². The number of aliphatic hydroxyl groups is 1. The molecule has 2 heterocycles. The average Bonchev–Trinajstić information content (AvgIpc) is 2.38. The normalized spacial score (nSPS) is 34.7. The first kappa shape index (κ1) is 12.8. The Labute approximate surface area is 102 Å². The Morgan fingerprint density at radius 3 is 3.00 bits per heavy atom. The van der Waals surface area contributed by atoms with E-state index >= 15 is 0 Å². The molecule has 17 heavy (non-hydrogen) atoms. The Kier molecular flexibility index (Phi) is 4.36. The van der Waals surface area contributed by atoms with Crippen LogP contribution in [0.3, 0.4) is 0 Å². The lowest BCUT2D eigenvalue weighted by Crippen LogP contribution is -2.53. The van der Waals surface area contributed by atoms with Gasteiger partial charge in [0.15, 0.2) is 0 Å². The minimum absolute atomic E-state index is 0.0152. The number of aliphatic hydroxyl groups excluding tert-OH is 1. The van der Waals surface area contributed by atoms with Crippen LogP contribution in [0.1, 0.15) is 19.8 Å². The third kappa shape index (κ3) is 3.18. The fraction of sp³-hybridized carbons (Fsp3) is 0.917. The van der Waals surface area contributed by atoms with Gasteiger partial charge in [-0.2, -0.15) is 0 Å². The van der Waals surface area contributed by atoms with Crippen molar-refractivity contribution in [3.8, 4) is 0 Å². The van der Waals surface area contributed by atoms with Gasteiger partial charge in [0, 0.05) is 19.6 Å². The topological polar surface area (TPSA) is 61.8 Å². The predicted octanol–water partition coefficient (Wildman–Crippen LogP) is -0.406. The SMILES string of the molecule is CC1CN(C(=O)[C@H]2CCCNC2)CC(CO)O1. The van der Waals surface area contributed by atoms with Gasteiger partial charge in [-0.05, 0) is 26.3 Å². The summed E-state index contributed by atoms with van der Waals surface area (Å²) < 4.78 is 5.54. The molecule has 3 atom stereocenters. The zero-order valence-corrected chi connectivity index (χ0v) is 10.4. The highest BCUT2D eigenvalue weighted by Crippen LogP contribution is 2.18. The van der Waals surface area contributed by atoms with E-state index in [0.29, 0.717) is 13.1 Å². The van der Waals surface area contributed by atoms with Crippen LogP contribution in [0.2, 0.25) is 0 Å². The second kappa shape index (κ2) is 5.80. The molecule has 1 amide bonds. The van der Waals surface area contributed by atoms with Crippen LogP contribution < -0.4 is 5.32 Å². The first-order valence-corrected chi connectivity index (χ1v) is 6.46. The molecule has 2 aliphatic rings. The van der Waals surface area contributed by atoms with E-state index in [1.54, 1.807) is 0 Å². The van der Waals surface area contributed by atoms with Gasteiger partial charge in [-0.3, -0.25) is 4.79 Å². The first-order chi connectivity index (χ1) is 8.20. The number of rotatable bonds is 2. The smallest absolute Gasteiger partial charge is 0.227 e. The lowest BCUT2D eigenvalue weighted by Gasteiger charge is -2.38. The Morgan fingerprint density at radius 2 is 2.35 bits per heavy atom. The number of amides is 1. The van der Waals surface area contributed by atoms with Crippen LogP contribution in [0.25, 0.3) is 0 Å². The fourth-order valence-electron chi connectivity index (χ4n) is 2.65. The monoisotopic (exact) mass is 242 g/mol. The van der Waals surface area contributed by atoms with E-state index in [1.807, 2.05) is 11.8 Å². The van der Waals surface area contributed by atoms with E-state index in [9.17, 15) is 4.79 Å². The van der Waals surface area contributed by atoms with Gasteiger partial charge in [-0.15, -0.1) is 0 Å². The zero-order chi connectivity index (χ0) is 12.3. The summed E-state index contributed by atoms with van der Waals surface area (Å²) in [6, 6.07) is 0. The molecule has 0 aromatic rings. The van der Waals surface area contributed by atoms with Gasteiger partial charge in [0.25, 0.3) is 0 Å². The molecule has 2 saturated heterocycles. The number of nitrogens with one attached hydrogen (secondary N) is 1. The van der Waals surface area contributed by atoms with Crippen LogP contribution in [0, 0.1) is 5.92 Å². The van der Waals surface area contributed by atoms with Gasteiger partial charge < -0.3 is 20.1 Å². The molecule has 0 saturated carbocycles. The van der Waals surface area contributed by atoms with Gasteiger partial charge in [-0.25, -0.2) is 0 Å². The summed E-state index contributed by atoms with van der Waals surface area (Å²) in [7, 11) is 0. The quantitative estimate of drug-likeness (QED) is 0.691. The number of carbonyl (C=O) groups is 1. The maximum atomic E-state index is 12.3. The summed E-state index contributed by atoms with van der Waals surface area (Å²) in [5.74, 6) is 0.319. The molecule has 5 nitrogen and oxygen atoms in total. The molecule has 0 bridgehead atoms. The summed E-state index contributed by atoms with van der Waals surface area (Å²) in [6.07, 6.45) is 1.84. The summed E-state index contributed by atoms with van der Waals surface area (Å²) >= 11 is 0. The Bertz CT molecular complexity index is 266. The lowest BCUT2D eigenvalue weighted by molar-refractivity contribution is -0.151. The minimum atomic E-state index is -0.223. The number of ether oxygens (including phenoxy) is 1. The molecule has 98 valence electrons. The van der Waals surface area contributed by atoms with Gasteiger partial charge in [0.1, 0.15) is 0 Å². The number of nitrogens with zero attached hydrogens (tertiary/aromatic N) is 1. The van der Waals surface area contributed by atoms with E-state index in [0.717, 1.165) is 25.9 Å². The molecule has 0 radical (unpaired) electrons. The molecule has 2 fully saturated rings. The molecular weight excluding hydrogens is 220 g/mol. The van der Waals surface area contributed by atoms with Crippen LogP contribution in [0.4, 0.5) is 0 Å². The highest BCUT2D eigenvalue weighted by molar-refractivity contribution is 5.79. The molecular formula is C12H22N2O3.